The van der Waals surface area contributed by atoms with E-state index in [0.29, 0.717) is 32.6 Å². The van der Waals surface area contributed by atoms with Crippen LogP contribution in [0.1, 0.15) is 44.7 Å². The van der Waals surface area contributed by atoms with E-state index >= 15 is 0 Å². The highest BCUT2D eigenvalue weighted by atomic mass is 16.5. The first kappa shape index (κ1) is 19.3. The van der Waals surface area contributed by atoms with Crippen LogP contribution >= 0.6 is 0 Å². The highest BCUT2D eigenvalue weighted by Gasteiger charge is 2.22. The maximum Gasteiger partial charge on any atom is 0.409 e. The van der Waals surface area contributed by atoms with Gasteiger partial charge in [0.25, 0.3) is 0 Å². The van der Waals surface area contributed by atoms with Crippen molar-refractivity contribution in [3.05, 3.63) is 35.4 Å². The van der Waals surface area contributed by atoms with E-state index < -0.39 is 0 Å². The summed E-state index contributed by atoms with van der Waals surface area (Å²) in [5.41, 5.74) is 2.64. The van der Waals surface area contributed by atoms with Crippen molar-refractivity contribution in [2.45, 2.75) is 45.4 Å². The molecule has 0 radical (unpaired) electrons. The van der Waals surface area contributed by atoms with Crippen LogP contribution in [0.3, 0.4) is 0 Å². The fourth-order valence-corrected chi connectivity index (χ4v) is 3.06. The number of hydrogen-bond donors (Lipinski definition) is 0. The zero-order valence-corrected chi connectivity index (χ0v) is 15.9. The molecular weight excluding hydrogens is 316 g/mol. The summed E-state index contributed by atoms with van der Waals surface area (Å²) in [6.45, 7) is 9.06. The van der Waals surface area contributed by atoms with Gasteiger partial charge in [0.15, 0.2) is 0 Å². The van der Waals surface area contributed by atoms with Gasteiger partial charge in [-0.05, 0) is 29.4 Å². The summed E-state index contributed by atoms with van der Waals surface area (Å²) in [5, 5.41) is 0. The molecule has 1 heterocycles. The SMILES string of the molecule is COC(=O)N1CCCN(C(=O)CCc2ccc(C(C)(C)C)cc2)CC1. The number of nitrogens with zero attached hydrogens (tertiary/aromatic N) is 2. The van der Waals surface area contributed by atoms with Crippen molar-refractivity contribution in [1.82, 2.24) is 9.80 Å². The van der Waals surface area contributed by atoms with Crippen molar-refractivity contribution in [1.29, 1.82) is 0 Å². The third-order valence-electron chi connectivity index (χ3n) is 4.73. The molecule has 1 aromatic carbocycles. The predicted octanol–water partition coefficient (Wildman–Crippen LogP) is 3.22. The first-order chi connectivity index (χ1) is 11.8. The monoisotopic (exact) mass is 346 g/mol. The topological polar surface area (TPSA) is 49.9 Å². The van der Waals surface area contributed by atoms with Crippen LogP contribution in [0.5, 0.6) is 0 Å². The molecule has 2 amide bonds. The standard InChI is InChI=1S/C20H30N2O3/c1-20(2,3)17-9-6-16(7-10-17)8-11-18(23)21-12-5-13-22(15-14-21)19(24)25-4/h6-7,9-10H,5,8,11-15H2,1-4H3. The van der Waals surface area contributed by atoms with Crippen LogP contribution in [0.4, 0.5) is 4.79 Å². The van der Waals surface area contributed by atoms with Crippen molar-refractivity contribution in [2.75, 3.05) is 33.3 Å². The zero-order valence-electron chi connectivity index (χ0n) is 15.9. The second kappa shape index (κ2) is 8.37. The van der Waals surface area contributed by atoms with Gasteiger partial charge in [-0.2, -0.15) is 0 Å². The van der Waals surface area contributed by atoms with Crippen LogP contribution in [0.2, 0.25) is 0 Å². The van der Waals surface area contributed by atoms with Crippen LogP contribution in [0.25, 0.3) is 0 Å². The Morgan fingerprint density at radius 3 is 2.20 bits per heavy atom. The average molecular weight is 346 g/mol. The Morgan fingerprint density at radius 1 is 1.00 bits per heavy atom. The molecule has 0 unspecified atom stereocenters. The number of carbonyl (C=O) groups excluding carboxylic acids is 2. The van der Waals surface area contributed by atoms with Crippen molar-refractivity contribution < 1.29 is 14.3 Å². The van der Waals surface area contributed by atoms with E-state index in [9.17, 15) is 9.59 Å². The number of methoxy groups -OCH3 is 1. The lowest BCUT2D eigenvalue weighted by Gasteiger charge is -2.21. The van der Waals surface area contributed by atoms with Crippen LogP contribution in [-0.2, 0) is 21.4 Å². The zero-order chi connectivity index (χ0) is 18.4. The molecule has 1 saturated heterocycles. The molecule has 0 saturated carbocycles. The van der Waals surface area contributed by atoms with Crippen molar-refractivity contribution in [2.24, 2.45) is 0 Å². The second-order valence-corrected chi connectivity index (χ2v) is 7.64. The summed E-state index contributed by atoms with van der Waals surface area (Å²) in [6.07, 6.45) is 1.74. The fraction of sp³-hybridized carbons (Fsp3) is 0.600. The van der Waals surface area contributed by atoms with E-state index in [1.54, 1.807) is 4.90 Å². The second-order valence-electron chi connectivity index (χ2n) is 7.64. The molecule has 1 aliphatic rings. The van der Waals surface area contributed by atoms with Gasteiger partial charge in [0, 0.05) is 32.6 Å². The molecule has 0 aromatic heterocycles. The van der Waals surface area contributed by atoms with Gasteiger partial charge >= 0.3 is 6.09 Å². The molecule has 1 aromatic rings. The Balaban J connectivity index is 1.85. The molecule has 5 nitrogen and oxygen atoms in total. The number of benzene rings is 1. The smallest absolute Gasteiger partial charge is 0.409 e. The van der Waals surface area contributed by atoms with E-state index in [-0.39, 0.29) is 17.4 Å². The summed E-state index contributed by atoms with van der Waals surface area (Å²) < 4.78 is 4.76. The summed E-state index contributed by atoms with van der Waals surface area (Å²) in [5.74, 6) is 0.159. The van der Waals surface area contributed by atoms with E-state index in [2.05, 4.69) is 45.0 Å². The van der Waals surface area contributed by atoms with Gasteiger partial charge in [0.1, 0.15) is 0 Å². The van der Waals surface area contributed by atoms with Crippen molar-refractivity contribution in [3.8, 4) is 0 Å². The van der Waals surface area contributed by atoms with Gasteiger partial charge in [-0.1, -0.05) is 45.0 Å². The van der Waals surface area contributed by atoms with Gasteiger partial charge in [-0.3, -0.25) is 4.79 Å². The van der Waals surface area contributed by atoms with E-state index in [0.717, 1.165) is 12.8 Å². The minimum atomic E-state index is -0.312. The number of aryl methyl sites for hydroxylation is 1. The molecule has 0 atom stereocenters. The number of hydrogen-bond acceptors (Lipinski definition) is 3. The van der Waals surface area contributed by atoms with Crippen LogP contribution in [0.15, 0.2) is 24.3 Å². The minimum Gasteiger partial charge on any atom is -0.453 e. The quantitative estimate of drug-likeness (QED) is 0.844. The number of carbonyl (C=O) groups is 2. The lowest BCUT2D eigenvalue weighted by atomic mass is 9.86. The largest absolute Gasteiger partial charge is 0.453 e. The lowest BCUT2D eigenvalue weighted by Crippen LogP contribution is -2.37. The van der Waals surface area contributed by atoms with E-state index in [1.807, 2.05) is 4.90 Å². The van der Waals surface area contributed by atoms with Crippen molar-refractivity contribution in [3.63, 3.8) is 0 Å². The Morgan fingerprint density at radius 2 is 1.60 bits per heavy atom. The Bertz CT molecular complexity index is 590. The van der Waals surface area contributed by atoms with Gasteiger partial charge in [0.2, 0.25) is 5.91 Å². The molecule has 0 bridgehead atoms. The van der Waals surface area contributed by atoms with Crippen molar-refractivity contribution >= 4 is 12.0 Å². The van der Waals surface area contributed by atoms with Crippen LogP contribution in [0, 0.1) is 0 Å². The molecular formula is C20H30N2O3. The number of amides is 2. The maximum atomic E-state index is 12.5. The van der Waals surface area contributed by atoms with Gasteiger partial charge in [-0.25, -0.2) is 4.79 Å². The maximum absolute atomic E-state index is 12.5. The third-order valence-corrected chi connectivity index (χ3v) is 4.73. The van der Waals surface area contributed by atoms with Crippen LogP contribution < -0.4 is 0 Å². The number of ether oxygens (including phenoxy) is 1. The summed E-state index contributed by atoms with van der Waals surface area (Å²) >= 11 is 0. The average Bonchev–Trinajstić information content (AvgIpc) is 2.84. The highest BCUT2D eigenvalue weighted by Crippen LogP contribution is 2.22. The highest BCUT2D eigenvalue weighted by molar-refractivity contribution is 5.76. The van der Waals surface area contributed by atoms with Gasteiger partial charge in [0.05, 0.1) is 7.11 Å². The summed E-state index contributed by atoms with van der Waals surface area (Å²) in [7, 11) is 1.39. The Hall–Kier alpha value is -2.04. The third kappa shape index (κ3) is 5.48. The number of rotatable bonds is 3. The molecule has 1 fully saturated rings. The summed E-state index contributed by atoms with van der Waals surface area (Å²) in [6, 6.07) is 8.55. The lowest BCUT2D eigenvalue weighted by molar-refractivity contribution is -0.131. The Kier molecular flexibility index (Phi) is 6.45. The molecule has 25 heavy (non-hydrogen) atoms. The molecule has 0 spiro atoms. The molecule has 138 valence electrons. The molecule has 0 aliphatic carbocycles. The van der Waals surface area contributed by atoms with Gasteiger partial charge in [-0.15, -0.1) is 0 Å². The van der Waals surface area contributed by atoms with E-state index in [1.165, 1.54) is 18.2 Å². The molecule has 2 rings (SSSR count). The normalized spacial score (nSPS) is 15.7. The first-order valence-electron chi connectivity index (χ1n) is 9.01. The van der Waals surface area contributed by atoms with Crippen LogP contribution in [-0.4, -0.2) is 55.1 Å². The minimum absolute atomic E-state index is 0.145. The fourth-order valence-electron chi connectivity index (χ4n) is 3.06. The Labute approximate surface area is 150 Å². The van der Waals surface area contributed by atoms with Gasteiger partial charge < -0.3 is 14.5 Å². The molecule has 1 aliphatic heterocycles. The van der Waals surface area contributed by atoms with E-state index in [4.69, 9.17) is 4.74 Å². The predicted molar refractivity (Wildman–Crippen MR) is 98.6 cm³/mol. The molecule has 5 heteroatoms. The molecule has 0 N–H and O–H groups in total. The summed E-state index contributed by atoms with van der Waals surface area (Å²) in [4.78, 5) is 27.6. The first-order valence-corrected chi connectivity index (χ1v) is 9.01.